The summed E-state index contributed by atoms with van der Waals surface area (Å²) in [7, 11) is 0. The molecule has 1 aliphatic carbocycles. The van der Waals surface area contributed by atoms with Gasteiger partial charge >= 0.3 is 0 Å². The van der Waals surface area contributed by atoms with E-state index in [-0.39, 0.29) is 0 Å². The first-order chi connectivity index (χ1) is 9.13. The first-order valence-corrected chi connectivity index (χ1v) is 7.05. The fraction of sp³-hybridized carbons (Fsp3) is 0.333. The molecule has 0 saturated heterocycles. The van der Waals surface area contributed by atoms with Crippen LogP contribution in [0.4, 0.5) is 0 Å². The summed E-state index contributed by atoms with van der Waals surface area (Å²) < 4.78 is 0. The molecule has 0 radical (unpaired) electrons. The lowest BCUT2D eigenvalue weighted by atomic mass is 9.87. The van der Waals surface area contributed by atoms with E-state index in [9.17, 15) is 5.11 Å². The average Bonchev–Trinajstić information content (AvgIpc) is 2.77. The van der Waals surface area contributed by atoms with Crippen LogP contribution in [0.2, 0.25) is 0 Å². The Labute approximate surface area is 114 Å². The van der Waals surface area contributed by atoms with Gasteiger partial charge in [0.25, 0.3) is 0 Å². The fourth-order valence-electron chi connectivity index (χ4n) is 3.06. The summed E-state index contributed by atoms with van der Waals surface area (Å²) in [5.74, 6) is 0. The molecule has 1 aliphatic rings. The maximum Gasteiger partial charge on any atom is 0.115 e. The van der Waals surface area contributed by atoms with Crippen LogP contribution in [0.25, 0.3) is 0 Å². The summed E-state index contributed by atoms with van der Waals surface area (Å²) in [5.41, 5.74) is 5.13. The lowest BCUT2D eigenvalue weighted by Crippen LogP contribution is -2.23. The second-order valence-corrected chi connectivity index (χ2v) is 5.57. The molecule has 0 saturated carbocycles. The molecule has 3 rings (SSSR count). The highest BCUT2D eigenvalue weighted by Gasteiger charge is 2.38. The molecule has 0 aliphatic heterocycles. The Morgan fingerprint density at radius 1 is 1.11 bits per heavy atom. The third-order valence-corrected chi connectivity index (χ3v) is 4.31. The third kappa shape index (κ3) is 1.98. The molecule has 1 heteroatoms. The Bertz CT molecular complexity index is 598. The van der Waals surface area contributed by atoms with Crippen LogP contribution in [-0.4, -0.2) is 5.11 Å². The van der Waals surface area contributed by atoms with Gasteiger partial charge in [-0.2, -0.15) is 0 Å². The predicted molar refractivity (Wildman–Crippen MR) is 78.3 cm³/mol. The second kappa shape index (κ2) is 4.50. The van der Waals surface area contributed by atoms with Crippen LogP contribution >= 0.6 is 0 Å². The monoisotopic (exact) mass is 252 g/mol. The Morgan fingerprint density at radius 3 is 2.53 bits per heavy atom. The van der Waals surface area contributed by atoms with E-state index in [0.717, 1.165) is 30.4 Å². The first-order valence-electron chi connectivity index (χ1n) is 7.05. The quantitative estimate of drug-likeness (QED) is 0.863. The van der Waals surface area contributed by atoms with E-state index in [1.54, 1.807) is 0 Å². The van der Waals surface area contributed by atoms with Crippen molar-refractivity contribution in [2.24, 2.45) is 0 Å². The molecule has 0 spiro atoms. The summed E-state index contributed by atoms with van der Waals surface area (Å²) in [6.07, 6.45) is 2.79. The number of hydrogen-bond acceptors (Lipinski definition) is 1. The average molecular weight is 252 g/mol. The van der Waals surface area contributed by atoms with Gasteiger partial charge in [0.2, 0.25) is 0 Å². The number of fused-ring (bicyclic) bond motifs is 1. The van der Waals surface area contributed by atoms with Crippen molar-refractivity contribution in [1.82, 2.24) is 0 Å². The maximum atomic E-state index is 11.1. The molecule has 0 fully saturated rings. The van der Waals surface area contributed by atoms with Crippen LogP contribution in [-0.2, 0) is 18.4 Å². The van der Waals surface area contributed by atoms with Crippen molar-refractivity contribution in [2.45, 2.75) is 38.7 Å². The van der Waals surface area contributed by atoms with E-state index in [0.29, 0.717) is 0 Å². The molecule has 98 valence electrons. The maximum absolute atomic E-state index is 11.1. The standard InChI is InChI=1S/C18H20O/c1-3-14-5-8-16(9-6-14)18(19)11-10-15-7-4-13(2)12-17(15)18/h4-9,12,19H,3,10-11H2,1-2H3. The lowest BCUT2D eigenvalue weighted by Gasteiger charge is -2.25. The minimum atomic E-state index is -0.798. The minimum Gasteiger partial charge on any atom is -0.380 e. The van der Waals surface area contributed by atoms with Crippen LogP contribution in [0.15, 0.2) is 42.5 Å². The van der Waals surface area contributed by atoms with Crippen LogP contribution in [0.3, 0.4) is 0 Å². The Hall–Kier alpha value is -1.60. The van der Waals surface area contributed by atoms with E-state index in [1.807, 2.05) is 0 Å². The largest absolute Gasteiger partial charge is 0.380 e. The third-order valence-electron chi connectivity index (χ3n) is 4.31. The number of aryl methyl sites for hydroxylation is 3. The summed E-state index contributed by atoms with van der Waals surface area (Å²) in [6.45, 7) is 4.23. The molecular formula is C18H20O. The van der Waals surface area contributed by atoms with Crippen molar-refractivity contribution >= 4 is 0 Å². The van der Waals surface area contributed by atoms with Gasteiger partial charge in [0, 0.05) is 0 Å². The number of aliphatic hydroxyl groups is 1. The van der Waals surface area contributed by atoms with Gasteiger partial charge in [-0.25, -0.2) is 0 Å². The van der Waals surface area contributed by atoms with Gasteiger partial charge in [0.15, 0.2) is 0 Å². The van der Waals surface area contributed by atoms with E-state index in [2.05, 4.69) is 56.3 Å². The zero-order chi connectivity index (χ0) is 13.5. The fourth-order valence-corrected chi connectivity index (χ4v) is 3.06. The molecule has 1 nitrogen and oxygen atoms in total. The first kappa shape index (κ1) is 12.4. The summed E-state index contributed by atoms with van der Waals surface area (Å²) in [6, 6.07) is 14.8. The Kier molecular flexibility index (Phi) is 2.94. The second-order valence-electron chi connectivity index (χ2n) is 5.57. The zero-order valence-corrected chi connectivity index (χ0v) is 11.6. The summed E-state index contributed by atoms with van der Waals surface area (Å²) >= 11 is 0. The molecular weight excluding hydrogens is 232 g/mol. The van der Waals surface area contributed by atoms with Gasteiger partial charge in [-0.1, -0.05) is 55.0 Å². The van der Waals surface area contributed by atoms with Crippen LogP contribution in [0.5, 0.6) is 0 Å². The molecule has 0 aromatic heterocycles. The molecule has 1 unspecified atom stereocenters. The Balaban J connectivity index is 2.07. The Morgan fingerprint density at radius 2 is 1.84 bits per heavy atom. The predicted octanol–water partition coefficient (Wildman–Crippen LogP) is 3.74. The molecule has 0 amide bonds. The highest BCUT2D eigenvalue weighted by Crippen LogP contribution is 2.42. The normalized spacial score (nSPS) is 21.4. The minimum absolute atomic E-state index is 0.789. The molecule has 1 atom stereocenters. The van der Waals surface area contributed by atoms with Gasteiger partial charge in [-0.05, 0) is 48.4 Å². The molecule has 2 aromatic carbocycles. The molecule has 2 aromatic rings. The van der Waals surface area contributed by atoms with Crippen molar-refractivity contribution in [3.05, 3.63) is 70.3 Å². The zero-order valence-electron chi connectivity index (χ0n) is 11.6. The van der Waals surface area contributed by atoms with Gasteiger partial charge in [0.05, 0.1) is 0 Å². The van der Waals surface area contributed by atoms with Gasteiger partial charge < -0.3 is 5.11 Å². The number of benzene rings is 2. The van der Waals surface area contributed by atoms with Crippen LogP contribution < -0.4 is 0 Å². The van der Waals surface area contributed by atoms with Gasteiger partial charge in [0.1, 0.15) is 5.60 Å². The van der Waals surface area contributed by atoms with E-state index < -0.39 is 5.60 Å². The highest BCUT2D eigenvalue weighted by atomic mass is 16.3. The van der Waals surface area contributed by atoms with Crippen molar-refractivity contribution in [3.8, 4) is 0 Å². The highest BCUT2D eigenvalue weighted by molar-refractivity contribution is 5.47. The molecule has 1 N–H and O–H groups in total. The van der Waals surface area contributed by atoms with Crippen LogP contribution in [0.1, 0.15) is 41.2 Å². The van der Waals surface area contributed by atoms with Crippen molar-refractivity contribution in [3.63, 3.8) is 0 Å². The topological polar surface area (TPSA) is 20.2 Å². The van der Waals surface area contributed by atoms with Gasteiger partial charge in [-0.3, -0.25) is 0 Å². The number of hydrogen-bond donors (Lipinski definition) is 1. The summed E-state index contributed by atoms with van der Waals surface area (Å²) in [4.78, 5) is 0. The van der Waals surface area contributed by atoms with E-state index in [1.165, 1.54) is 16.7 Å². The van der Waals surface area contributed by atoms with Gasteiger partial charge in [-0.15, -0.1) is 0 Å². The van der Waals surface area contributed by atoms with Crippen molar-refractivity contribution < 1.29 is 5.11 Å². The molecule has 0 bridgehead atoms. The smallest absolute Gasteiger partial charge is 0.115 e. The van der Waals surface area contributed by atoms with Crippen molar-refractivity contribution in [2.75, 3.05) is 0 Å². The SMILES string of the molecule is CCc1ccc(C2(O)CCc3ccc(C)cc32)cc1. The molecule has 0 heterocycles. The van der Waals surface area contributed by atoms with Crippen molar-refractivity contribution in [1.29, 1.82) is 0 Å². The van der Waals surface area contributed by atoms with Crippen LogP contribution in [0, 0.1) is 6.92 Å². The lowest BCUT2D eigenvalue weighted by molar-refractivity contribution is 0.0829. The molecule has 19 heavy (non-hydrogen) atoms. The number of rotatable bonds is 2. The summed E-state index contributed by atoms with van der Waals surface area (Å²) in [5, 5.41) is 11.1. The van der Waals surface area contributed by atoms with E-state index >= 15 is 0 Å². The van der Waals surface area contributed by atoms with E-state index in [4.69, 9.17) is 0 Å².